The van der Waals surface area contributed by atoms with Crippen LogP contribution in [0.2, 0.25) is 0 Å². The van der Waals surface area contributed by atoms with Crippen LogP contribution in [0.5, 0.6) is 5.75 Å². The lowest BCUT2D eigenvalue weighted by Gasteiger charge is -2.23. The van der Waals surface area contributed by atoms with E-state index in [2.05, 4.69) is 10.3 Å². The highest BCUT2D eigenvalue weighted by atomic mass is 32.2. The molecule has 0 saturated carbocycles. The second kappa shape index (κ2) is 8.78. The number of anilines is 1. The second-order valence-corrected chi connectivity index (χ2v) is 10.2. The van der Waals surface area contributed by atoms with Crippen LogP contribution in [0.15, 0.2) is 58.8 Å². The molecule has 31 heavy (non-hydrogen) atoms. The summed E-state index contributed by atoms with van der Waals surface area (Å²) in [7, 11) is -2.27. The summed E-state index contributed by atoms with van der Waals surface area (Å²) in [5.41, 5.74) is 2.36. The van der Waals surface area contributed by atoms with Gasteiger partial charge in [-0.2, -0.15) is 4.31 Å². The minimum absolute atomic E-state index is 0.147. The number of methoxy groups -OCH3 is 1. The van der Waals surface area contributed by atoms with Crippen LogP contribution in [0.25, 0.3) is 11.3 Å². The predicted octanol–water partition coefficient (Wildman–Crippen LogP) is 3.92. The Morgan fingerprint density at radius 1 is 1.23 bits per heavy atom. The van der Waals surface area contributed by atoms with E-state index in [4.69, 9.17) is 4.74 Å². The fourth-order valence-electron chi connectivity index (χ4n) is 3.65. The van der Waals surface area contributed by atoms with Gasteiger partial charge in [-0.1, -0.05) is 12.1 Å². The molecule has 162 valence electrons. The van der Waals surface area contributed by atoms with Gasteiger partial charge >= 0.3 is 0 Å². The molecule has 1 aliphatic heterocycles. The molecule has 0 aliphatic carbocycles. The number of thiazole rings is 1. The Morgan fingerprint density at radius 2 is 2.00 bits per heavy atom. The fraction of sp³-hybridized carbons (Fsp3) is 0.273. The number of nitrogens with one attached hydrogen (secondary N) is 1. The van der Waals surface area contributed by atoms with Crippen molar-refractivity contribution in [3.05, 3.63) is 58.9 Å². The van der Waals surface area contributed by atoms with Crippen molar-refractivity contribution in [1.29, 1.82) is 0 Å². The number of aryl methyl sites for hydroxylation is 1. The van der Waals surface area contributed by atoms with Gasteiger partial charge in [-0.05, 0) is 56.2 Å². The lowest BCUT2D eigenvalue weighted by Crippen LogP contribution is -2.43. The Bertz CT molecular complexity index is 1190. The average molecular weight is 458 g/mol. The van der Waals surface area contributed by atoms with Crippen molar-refractivity contribution in [3.8, 4) is 17.0 Å². The van der Waals surface area contributed by atoms with Gasteiger partial charge in [0.1, 0.15) is 11.8 Å². The molecule has 0 radical (unpaired) electrons. The smallest absolute Gasteiger partial charge is 0.243 e. The highest BCUT2D eigenvalue weighted by Crippen LogP contribution is 2.29. The summed E-state index contributed by atoms with van der Waals surface area (Å²) in [6.07, 6.45) is 1.11. The van der Waals surface area contributed by atoms with E-state index in [9.17, 15) is 13.2 Å². The van der Waals surface area contributed by atoms with E-state index in [1.165, 1.54) is 23.5 Å². The van der Waals surface area contributed by atoms with Gasteiger partial charge in [0.15, 0.2) is 0 Å². The lowest BCUT2D eigenvalue weighted by molar-refractivity contribution is -0.119. The Kier molecular flexibility index (Phi) is 6.08. The topological polar surface area (TPSA) is 88.6 Å². The molecule has 1 aliphatic rings. The number of sulfonamides is 1. The van der Waals surface area contributed by atoms with Crippen LogP contribution in [0.1, 0.15) is 17.8 Å². The van der Waals surface area contributed by atoms with E-state index in [1.54, 1.807) is 29.5 Å². The zero-order valence-electron chi connectivity index (χ0n) is 17.2. The second-order valence-electron chi connectivity index (χ2n) is 7.27. The number of carbonyl (C=O) groups is 1. The third-order valence-electron chi connectivity index (χ3n) is 5.22. The van der Waals surface area contributed by atoms with Gasteiger partial charge in [0.25, 0.3) is 0 Å². The van der Waals surface area contributed by atoms with Crippen molar-refractivity contribution >= 4 is 33.0 Å². The van der Waals surface area contributed by atoms with Gasteiger partial charge in [0.2, 0.25) is 15.9 Å². The minimum Gasteiger partial charge on any atom is -0.497 e. The summed E-state index contributed by atoms with van der Waals surface area (Å²) < 4.78 is 32.7. The molecule has 7 nitrogen and oxygen atoms in total. The molecule has 1 fully saturated rings. The van der Waals surface area contributed by atoms with Crippen LogP contribution in [0.3, 0.4) is 0 Å². The molecule has 0 spiro atoms. The first-order chi connectivity index (χ1) is 14.9. The summed E-state index contributed by atoms with van der Waals surface area (Å²) in [6, 6.07) is 12.9. The van der Waals surface area contributed by atoms with Gasteiger partial charge in [0, 0.05) is 23.2 Å². The molecule has 1 atom stereocenters. The van der Waals surface area contributed by atoms with Gasteiger partial charge in [-0.15, -0.1) is 11.3 Å². The van der Waals surface area contributed by atoms with Crippen LogP contribution in [-0.4, -0.2) is 43.3 Å². The number of hydrogen-bond donors (Lipinski definition) is 1. The summed E-state index contributed by atoms with van der Waals surface area (Å²) in [4.78, 5) is 17.6. The summed E-state index contributed by atoms with van der Waals surface area (Å²) >= 11 is 1.56. The van der Waals surface area contributed by atoms with E-state index >= 15 is 0 Å². The normalized spacial score (nSPS) is 16.9. The van der Waals surface area contributed by atoms with Gasteiger partial charge < -0.3 is 10.1 Å². The molecule has 2 aromatic carbocycles. The molecule has 1 saturated heterocycles. The third kappa shape index (κ3) is 4.48. The zero-order chi connectivity index (χ0) is 22.0. The third-order valence-corrected chi connectivity index (χ3v) is 7.91. The van der Waals surface area contributed by atoms with Crippen molar-refractivity contribution in [2.24, 2.45) is 0 Å². The van der Waals surface area contributed by atoms with E-state index in [1.807, 2.05) is 30.5 Å². The maximum Gasteiger partial charge on any atom is 0.243 e. The first-order valence-electron chi connectivity index (χ1n) is 9.88. The lowest BCUT2D eigenvalue weighted by atomic mass is 10.1. The molecule has 2 heterocycles. The van der Waals surface area contributed by atoms with Crippen molar-refractivity contribution in [2.45, 2.75) is 30.7 Å². The van der Waals surface area contributed by atoms with Crippen LogP contribution in [-0.2, 0) is 14.8 Å². The largest absolute Gasteiger partial charge is 0.497 e. The molecular weight excluding hydrogens is 434 g/mol. The maximum atomic E-state index is 13.1. The fourth-order valence-corrected chi connectivity index (χ4v) is 5.93. The highest BCUT2D eigenvalue weighted by molar-refractivity contribution is 7.89. The SMILES string of the molecule is COc1ccc(S(=O)(=O)N2CCC[C@H]2C(=O)Nc2cccc(-c3csc(C)n3)c2)cc1. The highest BCUT2D eigenvalue weighted by Gasteiger charge is 2.39. The number of hydrogen-bond acceptors (Lipinski definition) is 6. The molecule has 1 aromatic heterocycles. The Hall–Kier alpha value is -2.75. The summed E-state index contributed by atoms with van der Waals surface area (Å²) in [5, 5.41) is 5.82. The van der Waals surface area contributed by atoms with E-state index in [-0.39, 0.29) is 10.8 Å². The average Bonchev–Trinajstić information content (AvgIpc) is 3.44. The number of carbonyl (C=O) groups excluding carboxylic acids is 1. The number of nitrogens with zero attached hydrogens (tertiary/aromatic N) is 2. The summed E-state index contributed by atoms with van der Waals surface area (Å²) in [6.45, 7) is 2.25. The first kappa shape index (κ1) is 21.5. The van der Waals surface area contributed by atoms with Crippen molar-refractivity contribution in [3.63, 3.8) is 0 Å². The molecule has 1 N–H and O–H groups in total. The number of aromatic nitrogens is 1. The van der Waals surface area contributed by atoms with Crippen LogP contribution < -0.4 is 10.1 Å². The van der Waals surface area contributed by atoms with Crippen molar-refractivity contribution in [2.75, 3.05) is 19.0 Å². The Labute approximate surface area is 185 Å². The molecule has 0 bridgehead atoms. The van der Waals surface area contributed by atoms with Crippen LogP contribution in [0, 0.1) is 6.92 Å². The van der Waals surface area contributed by atoms with E-state index in [0.29, 0.717) is 30.8 Å². The number of benzene rings is 2. The molecule has 9 heteroatoms. The van der Waals surface area contributed by atoms with Crippen molar-refractivity contribution < 1.29 is 17.9 Å². The molecule has 0 unspecified atom stereocenters. The number of ether oxygens (including phenoxy) is 1. The predicted molar refractivity (Wildman–Crippen MR) is 121 cm³/mol. The zero-order valence-corrected chi connectivity index (χ0v) is 18.9. The molecule has 3 aromatic rings. The van der Waals surface area contributed by atoms with E-state index < -0.39 is 16.1 Å². The number of amides is 1. The monoisotopic (exact) mass is 457 g/mol. The van der Waals surface area contributed by atoms with E-state index in [0.717, 1.165) is 16.3 Å². The quantitative estimate of drug-likeness (QED) is 0.606. The first-order valence-corrected chi connectivity index (χ1v) is 12.2. The van der Waals surface area contributed by atoms with Crippen LogP contribution in [0.4, 0.5) is 5.69 Å². The Balaban J connectivity index is 1.53. The molecule has 4 rings (SSSR count). The maximum absolute atomic E-state index is 13.1. The van der Waals surface area contributed by atoms with Gasteiger partial charge in [0.05, 0.1) is 22.7 Å². The van der Waals surface area contributed by atoms with Crippen LogP contribution >= 0.6 is 11.3 Å². The minimum atomic E-state index is -3.79. The summed E-state index contributed by atoms with van der Waals surface area (Å²) in [5.74, 6) is 0.242. The Morgan fingerprint density at radius 3 is 2.68 bits per heavy atom. The molecular formula is C22H23N3O4S2. The van der Waals surface area contributed by atoms with Crippen molar-refractivity contribution in [1.82, 2.24) is 9.29 Å². The standard InChI is InChI=1S/C22H23N3O4S2/c1-15-23-20(14-30-15)16-5-3-6-17(13-16)24-22(26)21-7-4-12-25(21)31(27,28)19-10-8-18(29-2)9-11-19/h3,5-6,8-11,13-14,21H,4,7,12H2,1-2H3,(H,24,26)/t21-/m0/s1. The van der Waals surface area contributed by atoms with Gasteiger partial charge in [-0.25, -0.2) is 13.4 Å². The molecule has 1 amide bonds. The number of rotatable bonds is 6. The van der Waals surface area contributed by atoms with Gasteiger partial charge in [-0.3, -0.25) is 4.79 Å².